The maximum Gasteiger partial charge on any atom is 0.405 e. The van der Waals surface area contributed by atoms with Crippen LogP contribution in [0.5, 0.6) is 0 Å². The second-order valence-corrected chi connectivity index (χ2v) is 3.38. The van der Waals surface area contributed by atoms with Crippen LogP contribution in [-0.2, 0) is 0 Å². The maximum atomic E-state index is 12.0. The summed E-state index contributed by atoms with van der Waals surface area (Å²) in [7, 11) is 0. The minimum atomic E-state index is -4.33. The molecule has 92 valence electrons. The van der Waals surface area contributed by atoms with Crippen molar-refractivity contribution in [3.8, 4) is 0 Å². The fraction of sp³-hybridized carbons (Fsp3) is 0.375. The van der Waals surface area contributed by atoms with Crippen molar-refractivity contribution in [2.45, 2.75) is 13.1 Å². The average molecular weight is 247 g/mol. The molecule has 0 aromatic carbocycles. The smallest absolute Gasteiger partial charge is 0.361 e. The first kappa shape index (κ1) is 11.4. The van der Waals surface area contributed by atoms with Crippen LogP contribution >= 0.6 is 0 Å². The highest BCUT2D eigenvalue weighted by atomic mass is 19.4. The van der Waals surface area contributed by atoms with Crippen molar-refractivity contribution >= 4 is 11.5 Å². The van der Waals surface area contributed by atoms with Crippen molar-refractivity contribution in [2.75, 3.05) is 11.9 Å². The standard InChI is InChI=1S/C8H8F3N5O/c1-4-13-5(12-3-8(9,10)11)2-6-14-15-7(17)16(4)6/h2,12H,3H2,1H3,(H,15,17). The molecule has 0 amide bonds. The minimum Gasteiger partial charge on any atom is -0.361 e. The van der Waals surface area contributed by atoms with E-state index in [-0.39, 0.29) is 17.3 Å². The third kappa shape index (κ3) is 2.37. The molecule has 2 aromatic rings. The molecule has 0 aliphatic heterocycles. The molecule has 0 unspecified atom stereocenters. The number of aromatic amines is 1. The van der Waals surface area contributed by atoms with Gasteiger partial charge in [-0.3, -0.25) is 0 Å². The molecule has 9 heteroatoms. The van der Waals surface area contributed by atoms with Crippen LogP contribution in [0.15, 0.2) is 10.9 Å². The zero-order valence-electron chi connectivity index (χ0n) is 8.67. The summed E-state index contributed by atoms with van der Waals surface area (Å²) in [6, 6.07) is 1.26. The average Bonchev–Trinajstić information content (AvgIpc) is 2.57. The molecule has 0 atom stereocenters. The SMILES string of the molecule is Cc1nc(NCC(F)(F)F)cc2n[nH]c(=O)n12. The molecule has 0 aliphatic carbocycles. The lowest BCUT2D eigenvalue weighted by molar-refractivity contribution is -0.115. The summed E-state index contributed by atoms with van der Waals surface area (Å²) in [5, 5.41) is 7.95. The summed E-state index contributed by atoms with van der Waals surface area (Å²) >= 11 is 0. The molecule has 0 bridgehead atoms. The second kappa shape index (κ2) is 3.75. The summed E-state index contributed by atoms with van der Waals surface area (Å²) in [4.78, 5) is 15.1. The highest BCUT2D eigenvalue weighted by Gasteiger charge is 2.26. The molecule has 2 aromatic heterocycles. The third-order valence-corrected chi connectivity index (χ3v) is 2.04. The van der Waals surface area contributed by atoms with E-state index in [0.29, 0.717) is 0 Å². The lowest BCUT2D eigenvalue weighted by atomic mass is 10.5. The van der Waals surface area contributed by atoms with E-state index < -0.39 is 18.4 Å². The first-order chi connectivity index (χ1) is 7.87. The van der Waals surface area contributed by atoms with E-state index in [1.807, 2.05) is 0 Å². The van der Waals surface area contributed by atoms with E-state index >= 15 is 0 Å². The van der Waals surface area contributed by atoms with Gasteiger partial charge in [0.25, 0.3) is 0 Å². The monoisotopic (exact) mass is 247 g/mol. The largest absolute Gasteiger partial charge is 0.405 e. The summed E-state index contributed by atoms with van der Waals surface area (Å²) in [5.74, 6) is 0.275. The van der Waals surface area contributed by atoms with Crippen molar-refractivity contribution in [1.82, 2.24) is 19.6 Å². The molecular weight excluding hydrogens is 239 g/mol. The zero-order valence-corrected chi connectivity index (χ0v) is 8.67. The van der Waals surface area contributed by atoms with Crippen LogP contribution in [0.2, 0.25) is 0 Å². The molecule has 0 saturated carbocycles. The van der Waals surface area contributed by atoms with Gasteiger partial charge in [-0.15, -0.1) is 0 Å². The predicted molar refractivity (Wildman–Crippen MR) is 52.9 cm³/mol. The van der Waals surface area contributed by atoms with Crippen molar-refractivity contribution in [1.29, 1.82) is 0 Å². The molecule has 6 nitrogen and oxygen atoms in total. The Morgan fingerprint density at radius 3 is 2.88 bits per heavy atom. The van der Waals surface area contributed by atoms with Gasteiger partial charge in [-0.2, -0.15) is 18.3 Å². The molecule has 0 spiro atoms. The molecule has 0 fully saturated rings. The summed E-state index contributed by atoms with van der Waals surface area (Å²) < 4.78 is 37.1. The number of hydrogen-bond acceptors (Lipinski definition) is 4. The van der Waals surface area contributed by atoms with Gasteiger partial charge in [-0.1, -0.05) is 0 Å². The number of aryl methyl sites for hydroxylation is 1. The number of nitrogens with zero attached hydrogens (tertiary/aromatic N) is 3. The van der Waals surface area contributed by atoms with Gasteiger partial charge in [-0.05, 0) is 6.92 Å². The van der Waals surface area contributed by atoms with Gasteiger partial charge in [0.2, 0.25) is 0 Å². The zero-order chi connectivity index (χ0) is 12.6. The Morgan fingerprint density at radius 1 is 1.53 bits per heavy atom. The van der Waals surface area contributed by atoms with E-state index in [2.05, 4.69) is 20.5 Å². The van der Waals surface area contributed by atoms with Crippen molar-refractivity contribution in [2.24, 2.45) is 0 Å². The summed E-state index contributed by atoms with van der Waals surface area (Å²) in [6.45, 7) is 0.312. The van der Waals surface area contributed by atoms with Gasteiger partial charge in [0.15, 0.2) is 5.65 Å². The number of rotatable bonds is 2. The number of aromatic nitrogens is 4. The van der Waals surface area contributed by atoms with Gasteiger partial charge in [-0.25, -0.2) is 19.3 Å². The molecule has 0 aliphatic rings. The third-order valence-electron chi connectivity index (χ3n) is 2.04. The van der Waals surface area contributed by atoms with Crippen LogP contribution in [0.25, 0.3) is 5.65 Å². The highest BCUT2D eigenvalue weighted by molar-refractivity contribution is 5.49. The fourth-order valence-electron chi connectivity index (χ4n) is 1.38. The van der Waals surface area contributed by atoms with Crippen LogP contribution in [0, 0.1) is 6.92 Å². The number of fused-ring (bicyclic) bond motifs is 1. The Morgan fingerprint density at radius 2 is 2.24 bits per heavy atom. The predicted octanol–water partition coefficient (Wildman–Crippen LogP) is 0.700. The van der Waals surface area contributed by atoms with Crippen LogP contribution in [0.3, 0.4) is 0 Å². The molecule has 0 radical (unpaired) electrons. The number of H-pyrrole nitrogens is 1. The van der Waals surface area contributed by atoms with E-state index in [1.54, 1.807) is 0 Å². The van der Waals surface area contributed by atoms with Crippen LogP contribution < -0.4 is 11.0 Å². The van der Waals surface area contributed by atoms with Gasteiger partial charge >= 0.3 is 11.9 Å². The van der Waals surface area contributed by atoms with E-state index in [4.69, 9.17) is 0 Å². The minimum absolute atomic E-state index is 0.0197. The summed E-state index contributed by atoms with van der Waals surface area (Å²) in [5.41, 5.74) is -0.264. The lowest BCUT2D eigenvalue weighted by Crippen LogP contribution is -2.22. The Kier molecular flexibility index (Phi) is 2.52. The Bertz CT molecular complexity index is 599. The van der Waals surface area contributed by atoms with Crippen molar-refractivity contribution in [3.05, 3.63) is 22.4 Å². The van der Waals surface area contributed by atoms with E-state index in [1.165, 1.54) is 17.4 Å². The topological polar surface area (TPSA) is 75.1 Å². The lowest BCUT2D eigenvalue weighted by Gasteiger charge is -2.09. The molecular formula is C8H8F3N5O. The van der Waals surface area contributed by atoms with Crippen LogP contribution in [0.1, 0.15) is 5.82 Å². The molecule has 2 heterocycles. The Labute approximate surface area is 92.5 Å². The number of alkyl halides is 3. The quantitative estimate of drug-likeness (QED) is 0.819. The normalized spacial score (nSPS) is 12.0. The number of halogens is 3. The maximum absolute atomic E-state index is 12.0. The van der Waals surface area contributed by atoms with E-state index in [9.17, 15) is 18.0 Å². The summed E-state index contributed by atoms with van der Waals surface area (Å²) in [6.07, 6.45) is -4.33. The van der Waals surface area contributed by atoms with E-state index in [0.717, 1.165) is 0 Å². The Balaban J connectivity index is 2.34. The molecule has 17 heavy (non-hydrogen) atoms. The van der Waals surface area contributed by atoms with Crippen molar-refractivity contribution < 1.29 is 13.2 Å². The molecule has 2 rings (SSSR count). The number of anilines is 1. The van der Waals surface area contributed by atoms with Crippen LogP contribution in [0.4, 0.5) is 19.0 Å². The van der Waals surface area contributed by atoms with Crippen molar-refractivity contribution in [3.63, 3.8) is 0 Å². The highest BCUT2D eigenvalue weighted by Crippen LogP contribution is 2.16. The van der Waals surface area contributed by atoms with Crippen LogP contribution in [-0.4, -0.2) is 32.3 Å². The van der Waals surface area contributed by atoms with Gasteiger partial charge < -0.3 is 5.32 Å². The number of hydrogen-bond donors (Lipinski definition) is 2. The molecule has 2 N–H and O–H groups in total. The first-order valence-electron chi connectivity index (χ1n) is 4.62. The van der Waals surface area contributed by atoms with Gasteiger partial charge in [0.1, 0.15) is 18.2 Å². The number of nitrogens with one attached hydrogen (secondary N) is 2. The van der Waals surface area contributed by atoms with Gasteiger partial charge in [0, 0.05) is 6.07 Å². The fourth-order valence-corrected chi connectivity index (χ4v) is 1.38. The Hall–Kier alpha value is -2.06. The first-order valence-corrected chi connectivity index (χ1v) is 4.62. The second-order valence-electron chi connectivity index (χ2n) is 3.38. The van der Waals surface area contributed by atoms with Gasteiger partial charge in [0.05, 0.1) is 0 Å². The molecule has 0 saturated heterocycles.